The van der Waals surface area contributed by atoms with E-state index in [9.17, 15) is 4.79 Å². The molecule has 96 valence electrons. The first-order valence-electron chi connectivity index (χ1n) is 6.15. The van der Waals surface area contributed by atoms with E-state index in [0.29, 0.717) is 12.8 Å². The van der Waals surface area contributed by atoms with Crippen molar-refractivity contribution in [1.29, 1.82) is 0 Å². The first-order chi connectivity index (χ1) is 7.47. The van der Waals surface area contributed by atoms with E-state index in [0.717, 1.165) is 19.3 Å². The second-order valence-electron chi connectivity index (χ2n) is 4.69. The largest absolute Gasteiger partial charge is 0.396 e. The van der Waals surface area contributed by atoms with Crippen LogP contribution in [0.1, 0.15) is 52.9 Å². The topological polar surface area (TPSA) is 75.4 Å². The summed E-state index contributed by atoms with van der Waals surface area (Å²) in [5.41, 5.74) is 5.50. The summed E-state index contributed by atoms with van der Waals surface area (Å²) >= 11 is 0. The molecule has 0 aromatic rings. The highest BCUT2D eigenvalue weighted by molar-refractivity contribution is 5.77. The molecule has 4 heteroatoms. The molecule has 2 unspecified atom stereocenters. The van der Waals surface area contributed by atoms with E-state index in [1.54, 1.807) is 0 Å². The van der Waals surface area contributed by atoms with Crippen LogP contribution in [0.15, 0.2) is 0 Å². The Morgan fingerprint density at radius 2 is 2.12 bits per heavy atom. The number of carbonyl (C=O) groups excluding carboxylic acids is 1. The van der Waals surface area contributed by atoms with Crippen LogP contribution in [0.3, 0.4) is 0 Å². The first kappa shape index (κ1) is 15.4. The average molecular weight is 230 g/mol. The molecule has 0 fully saturated rings. The molecule has 0 aromatic carbocycles. The molecule has 0 bridgehead atoms. The summed E-state index contributed by atoms with van der Waals surface area (Å²) in [4.78, 5) is 11.7. The molecular formula is C12H26N2O2. The van der Waals surface area contributed by atoms with Gasteiger partial charge in [-0.2, -0.15) is 0 Å². The minimum absolute atomic E-state index is 0.0150. The number of carbonyl (C=O) groups is 1. The van der Waals surface area contributed by atoms with E-state index in [1.807, 2.05) is 13.8 Å². The van der Waals surface area contributed by atoms with Gasteiger partial charge in [0.25, 0.3) is 0 Å². The van der Waals surface area contributed by atoms with Crippen molar-refractivity contribution in [3.05, 3.63) is 0 Å². The maximum atomic E-state index is 11.7. The Hall–Kier alpha value is -0.610. The van der Waals surface area contributed by atoms with Crippen LogP contribution < -0.4 is 11.1 Å². The Bertz CT molecular complexity index is 209. The van der Waals surface area contributed by atoms with Crippen LogP contribution in [-0.2, 0) is 4.79 Å². The van der Waals surface area contributed by atoms with E-state index in [1.165, 1.54) is 0 Å². The average Bonchev–Trinajstić information content (AvgIpc) is 2.17. The Balaban J connectivity index is 4.10. The molecule has 0 saturated heterocycles. The number of hydrogen-bond donors (Lipinski definition) is 3. The van der Waals surface area contributed by atoms with Crippen molar-refractivity contribution in [2.45, 2.75) is 64.5 Å². The fourth-order valence-corrected chi connectivity index (χ4v) is 1.67. The molecular weight excluding hydrogens is 204 g/mol. The van der Waals surface area contributed by atoms with Crippen molar-refractivity contribution < 1.29 is 9.90 Å². The molecule has 0 spiro atoms. The maximum Gasteiger partial charge on any atom is 0.221 e. The van der Waals surface area contributed by atoms with Crippen LogP contribution >= 0.6 is 0 Å². The van der Waals surface area contributed by atoms with Gasteiger partial charge in [0.1, 0.15) is 0 Å². The van der Waals surface area contributed by atoms with Crippen LogP contribution in [0.25, 0.3) is 0 Å². The number of amides is 1. The third-order valence-corrected chi connectivity index (χ3v) is 2.99. The molecule has 0 rings (SSSR count). The summed E-state index contributed by atoms with van der Waals surface area (Å²) in [6.45, 7) is 6.10. The van der Waals surface area contributed by atoms with E-state index < -0.39 is 0 Å². The van der Waals surface area contributed by atoms with Gasteiger partial charge in [-0.3, -0.25) is 4.79 Å². The molecule has 16 heavy (non-hydrogen) atoms. The lowest BCUT2D eigenvalue weighted by Gasteiger charge is -2.29. The maximum absolute atomic E-state index is 11.7. The minimum atomic E-state index is -0.308. The summed E-state index contributed by atoms with van der Waals surface area (Å²) in [7, 11) is 0. The number of aliphatic hydroxyl groups excluding tert-OH is 1. The predicted molar refractivity (Wildman–Crippen MR) is 66.0 cm³/mol. The Labute approximate surface area is 98.6 Å². The van der Waals surface area contributed by atoms with Crippen LogP contribution in [-0.4, -0.2) is 29.2 Å². The highest BCUT2D eigenvalue weighted by atomic mass is 16.3. The van der Waals surface area contributed by atoms with Gasteiger partial charge in [-0.25, -0.2) is 0 Å². The normalized spacial score (nSPS) is 16.6. The van der Waals surface area contributed by atoms with E-state index >= 15 is 0 Å². The summed E-state index contributed by atoms with van der Waals surface area (Å²) in [5.74, 6) is -0.0150. The van der Waals surface area contributed by atoms with Crippen molar-refractivity contribution in [2.24, 2.45) is 5.73 Å². The second-order valence-corrected chi connectivity index (χ2v) is 4.69. The third-order valence-electron chi connectivity index (χ3n) is 2.99. The smallest absolute Gasteiger partial charge is 0.221 e. The van der Waals surface area contributed by atoms with Gasteiger partial charge in [-0.15, -0.1) is 0 Å². The standard InChI is InChI=1S/C12H26N2O2/c1-4-6-10(13)9-11(16)14-12(3,5-2)7-8-15/h10,15H,4-9,13H2,1-3H3,(H,14,16). The fraction of sp³-hybridized carbons (Fsp3) is 0.917. The predicted octanol–water partition coefficient (Wildman–Crippen LogP) is 1.17. The minimum Gasteiger partial charge on any atom is -0.396 e. The Kier molecular flexibility index (Phi) is 7.34. The lowest BCUT2D eigenvalue weighted by Crippen LogP contribution is -2.47. The summed E-state index contributed by atoms with van der Waals surface area (Å²) < 4.78 is 0. The van der Waals surface area contributed by atoms with E-state index in [-0.39, 0.29) is 24.1 Å². The molecule has 0 heterocycles. The van der Waals surface area contributed by atoms with Gasteiger partial charge >= 0.3 is 0 Å². The van der Waals surface area contributed by atoms with Crippen LogP contribution in [0.2, 0.25) is 0 Å². The highest BCUT2D eigenvalue weighted by Crippen LogP contribution is 2.14. The van der Waals surface area contributed by atoms with E-state index in [2.05, 4.69) is 12.2 Å². The van der Waals surface area contributed by atoms with Gasteiger partial charge in [0.05, 0.1) is 0 Å². The lowest BCUT2D eigenvalue weighted by molar-refractivity contribution is -0.123. The van der Waals surface area contributed by atoms with E-state index in [4.69, 9.17) is 10.8 Å². The zero-order valence-corrected chi connectivity index (χ0v) is 10.8. The Morgan fingerprint density at radius 3 is 2.56 bits per heavy atom. The molecule has 4 N–H and O–H groups in total. The molecule has 0 aromatic heterocycles. The van der Waals surface area contributed by atoms with Crippen molar-refractivity contribution in [3.8, 4) is 0 Å². The molecule has 4 nitrogen and oxygen atoms in total. The van der Waals surface area contributed by atoms with Crippen molar-refractivity contribution in [2.75, 3.05) is 6.61 Å². The highest BCUT2D eigenvalue weighted by Gasteiger charge is 2.24. The van der Waals surface area contributed by atoms with Gasteiger partial charge in [-0.05, 0) is 26.2 Å². The zero-order chi connectivity index (χ0) is 12.6. The fourth-order valence-electron chi connectivity index (χ4n) is 1.67. The third kappa shape index (κ3) is 6.08. The quantitative estimate of drug-likeness (QED) is 0.586. The van der Waals surface area contributed by atoms with Gasteiger partial charge in [0.2, 0.25) is 5.91 Å². The summed E-state index contributed by atoms with van der Waals surface area (Å²) in [5, 5.41) is 11.9. The van der Waals surface area contributed by atoms with Gasteiger partial charge in [0.15, 0.2) is 0 Å². The summed E-state index contributed by atoms with van der Waals surface area (Å²) in [6, 6.07) is -0.0553. The molecule has 0 aliphatic rings. The van der Waals surface area contributed by atoms with Crippen molar-refractivity contribution in [1.82, 2.24) is 5.32 Å². The van der Waals surface area contributed by atoms with Gasteiger partial charge in [0, 0.05) is 24.6 Å². The number of hydrogen-bond acceptors (Lipinski definition) is 3. The molecule has 0 radical (unpaired) electrons. The summed E-state index contributed by atoms with van der Waals surface area (Å²) in [6.07, 6.45) is 3.63. The zero-order valence-electron chi connectivity index (χ0n) is 10.8. The van der Waals surface area contributed by atoms with Crippen LogP contribution in [0, 0.1) is 0 Å². The number of rotatable bonds is 8. The lowest BCUT2D eigenvalue weighted by atomic mass is 9.94. The van der Waals surface area contributed by atoms with Gasteiger partial charge in [-0.1, -0.05) is 20.3 Å². The monoisotopic (exact) mass is 230 g/mol. The van der Waals surface area contributed by atoms with Crippen LogP contribution in [0.5, 0.6) is 0 Å². The SMILES string of the molecule is CCCC(N)CC(=O)NC(C)(CC)CCO. The van der Waals surface area contributed by atoms with Crippen LogP contribution in [0.4, 0.5) is 0 Å². The molecule has 1 amide bonds. The Morgan fingerprint density at radius 1 is 1.50 bits per heavy atom. The van der Waals surface area contributed by atoms with Crippen molar-refractivity contribution >= 4 is 5.91 Å². The molecule has 2 atom stereocenters. The second kappa shape index (κ2) is 7.63. The van der Waals surface area contributed by atoms with Gasteiger partial charge < -0.3 is 16.2 Å². The molecule has 0 aliphatic carbocycles. The molecule has 0 saturated carbocycles. The number of nitrogens with one attached hydrogen (secondary N) is 1. The first-order valence-corrected chi connectivity index (χ1v) is 6.15. The number of nitrogens with two attached hydrogens (primary N) is 1. The molecule has 0 aliphatic heterocycles. The number of aliphatic hydroxyl groups is 1. The van der Waals surface area contributed by atoms with Crippen molar-refractivity contribution in [3.63, 3.8) is 0 Å².